The first-order valence-electron chi connectivity index (χ1n) is 8.22. The summed E-state index contributed by atoms with van der Waals surface area (Å²) in [4.78, 5) is 2.05. The molecule has 1 aliphatic heterocycles. The summed E-state index contributed by atoms with van der Waals surface area (Å²) >= 11 is 0. The first-order valence-corrected chi connectivity index (χ1v) is 9.73. The summed E-state index contributed by atoms with van der Waals surface area (Å²) < 4.78 is 40.2. The fourth-order valence-electron chi connectivity index (χ4n) is 3.43. The molecule has 6 nitrogen and oxygen atoms in total. The molecule has 2 aliphatic rings. The molecule has 1 N–H and O–H groups in total. The minimum atomic E-state index is -3.50. The van der Waals surface area contributed by atoms with Gasteiger partial charge in [-0.1, -0.05) is 11.6 Å². The van der Waals surface area contributed by atoms with Crippen LogP contribution in [0.25, 0.3) is 0 Å². The van der Waals surface area contributed by atoms with E-state index in [1.165, 1.54) is 16.4 Å². The van der Waals surface area contributed by atoms with Crippen LogP contribution in [0.4, 0.5) is 10.1 Å². The molecule has 24 heavy (non-hydrogen) atoms. The molecule has 0 aromatic heterocycles. The van der Waals surface area contributed by atoms with Crippen LogP contribution in [0.2, 0.25) is 0 Å². The van der Waals surface area contributed by atoms with Gasteiger partial charge in [0.05, 0.1) is 5.71 Å². The van der Waals surface area contributed by atoms with Gasteiger partial charge in [-0.25, -0.2) is 12.8 Å². The van der Waals surface area contributed by atoms with Crippen LogP contribution >= 0.6 is 0 Å². The van der Waals surface area contributed by atoms with Gasteiger partial charge in [0.15, 0.2) is 0 Å². The van der Waals surface area contributed by atoms with Crippen LogP contribution in [-0.2, 0) is 10.0 Å². The zero-order valence-corrected chi connectivity index (χ0v) is 14.3. The minimum Gasteiger partial charge on any atom is -0.411 e. The van der Waals surface area contributed by atoms with Crippen molar-refractivity contribution in [2.75, 3.05) is 31.1 Å². The van der Waals surface area contributed by atoms with Crippen LogP contribution < -0.4 is 4.90 Å². The summed E-state index contributed by atoms with van der Waals surface area (Å²) in [5, 5.41) is 11.6. The van der Waals surface area contributed by atoms with E-state index in [4.69, 9.17) is 5.21 Å². The average molecular weight is 355 g/mol. The van der Waals surface area contributed by atoms with E-state index in [0.717, 1.165) is 18.5 Å². The molecule has 1 atom stereocenters. The van der Waals surface area contributed by atoms with Gasteiger partial charge in [0.25, 0.3) is 0 Å². The van der Waals surface area contributed by atoms with Crippen molar-refractivity contribution in [1.82, 2.24) is 4.31 Å². The maximum absolute atomic E-state index is 13.0. The van der Waals surface area contributed by atoms with Crippen molar-refractivity contribution in [3.05, 3.63) is 30.1 Å². The van der Waals surface area contributed by atoms with E-state index in [9.17, 15) is 12.8 Å². The van der Waals surface area contributed by atoms with E-state index in [-0.39, 0.29) is 5.82 Å². The van der Waals surface area contributed by atoms with E-state index >= 15 is 0 Å². The number of piperazine rings is 1. The number of halogens is 1. The van der Waals surface area contributed by atoms with Crippen molar-refractivity contribution in [2.24, 2.45) is 5.16 Å². The molecule has 1 aromatic rings. The zero-order valence-electron chi connectivity index (χ0n) is 13.4. The highest BCUT2D eigenvalue weighted by atomic mass is 32.2. The van der Waals surface area contributed by atoms with Gasteiger partial charge in [0.2, 0.25) is 10.0 Å². The first-order chi connectivity index (χ1) is 11.5. The highest BCUT2D eigenvalue weighted by Crippen LogP contribution is 2.26. The molecule has 1 aromatic carbocycles. The summed E-state index contributed by atoms with van der Waals surface area (Å²) in [5.41, 5.74) is 1.27. The zero-order chi connectivity index (χ0) is 17.2. The molecule has 0 spiro atoms. The van der Waals surface area contributed by atoms with Gasteiger partial charge < -0.3 is 10.1 Å². The molecule has 2 fully saturated rings. The highest BCUT2D eigenvalue weighted by molar-refractivity contribution is 7.90. The Kier molecular flexibility index (Phi) is 5.05. The summed E-state index contributed by atoms with van der Waals surface area (Å²) in [6, 6.07) is 6.23. The Morgan fingerprint density at radius 1 is 1.08 bits per heavy atom. The SMILES string of the molecule is O=S(=O)(C1CCCC/C1=N/O)N1CCN(c2ccc(F)cc2)CC1. The van der Waals surface area contributed by atoms with Crippen LogP contribution in [0.5, 0.6) is 0 Å². The Balaban J connectivity index is 1.68. The maximum Gasteiger partial charge on any atom is 0.222 e. The Morgan fingerprint density at radius 2 is 1.75 bits per heavy atom. The third-order valence-corrected chi connectivity index (χ3v) is 7.11. The lowest BCUT2D eigenvalue weighted by Gasteiger charge is -2.37. The Labute approximate surface area is 141 Å². The number of rotatable bonds is 3. The molecule has 3 rings (SSSR count). The maximum atomic E-state index is 13.0. The van der Waals surface area contributed by atoms with E-state index in [0.29, 0.717) is 44.7 Å². The highest BCUT2D eigenvalue weighted by Gasteiger charge is 2.38. The standard InChI is InChI=1S/C16H22FN3O3S/c17-13-5-7-14(8-6-13)19-9-11-20(12-10-19)24(22,23)16-4-2-1-3-15(16)18-21/h5-8,16,21H,1-4,9-12H2/b18-15-. The molecule has 1 saturated heterocycles. The number of hydrogen-bond donors (Lipinski definition) is 1. The van der Waals surface area contributed by atoms with Crippen LogP contribution in [0.3, 0.4) is 0 Å². The third kappa shape index (κ3) is 3.39. The predicted molar refractivity (Wildman–Crippen MR) is 90.6 cm³/mol. The van der Waals surface area contributed by atoms with Gasteiger partial charge in [0.1, 0.15) is 11.1 Å². The van der Waals surface area contributed by atoms with Gasteiger partial charge in [-0.3, -0.25) is 0 Å². The quantitative estimate of drug-likeness (QED) is 0.665. The summed E-state index contributed by atoms with van der Waals surface area (Å²) in [7, 11) is -3.50. The van der Waals surface area contributed by atoms with Crippen LogP contribution in [-0.4, -0.2) is 55.1 Å². The fraction of sp³-hybridized carbons (Fsp3) is 0.562. The van der Waals surface area contributed by atoms with Crippen molar-refractivity contribution in [1.29, 1.82) is 0 Å². The second kappa shape index (κ2) is 7.06. The largest absolute Gasteiger partial charge is 0.411 e. The van der Waals surface area contributed by atoms with Gasteiger partial charge >= 0.3 is 0 Å². The second-order valence-corrected chi connectivity index (χ2v) is 8.35. The summed E-state index contributed by atoms with van der Waals surface area (Å²) in [6.45, 7) is 1.89. The van der Waals surface area contributed by atoms with E-state index in [2.05, 4.69) is 5.16 Å². The smallest absolute Gasteiger partial charge is 0.222 e. The number of oxime groups is 1. The average Bonchev–Trinajstić information content (AvgIpc) is 2.62. The van der Waals surface area contributed by atoms with E-state index in [1.807, 2.05) is 4.90 Å². The third-order valence-electron chi connectivity index (χ3n) is 4.80. The van der Waals surface area contributed by atoms with Gasteiger partial charge in [-0.15, -0.1) is 0 Å². The van der Waals surface area contributed by atoms with Crippen LogP contribution in [0.15, 0.2) is 29.4 Å². The van der Waals surface area contributed by atoms with Crippen LogP contribution in [0, 0.1) is 5.82 Å². The molecule has 1 aliphatic carbocycles. The molecule has 8 heteroatoms. The topological polar surface area (TPSA) is 73.2 Å². The van der Waals surface area contributed by atoms with Crippen molar-refractivity contribution in [3.8, 4) is 0 Å². The minimum absolute atomic E-state index is 0.284. The molecule has 0 radical (unpaired) electrons. The van der Waals surface area contributed by atoms with Gasteiger partial charge in [0, 0.05) is 31.9 Å². The number of nitrogens with zero attached hydrogens (tertiary/aromatic N) is 3. The number of anilines is 1. The second-order valence-electron chi connectivity index (χ2n) is 6.23. The Hall–Kier alpha value is -1.67. The normalized spacial score (nSPS) is 25.1. The predicted octanol–water partition coefficient (Wildman–Crippen LogP) is 2.05. The number of benzene rings is 1. The summed E-state index contributed by atoms with van der Waals surface area (Å²) in [5.74, 6) is -0.284. The van der Waals surface area contributed by atoms with Crippen molar-refractivity contribution in [2.45, 2.75) is 30.9 Å². The van der Waals surface area contributed by atoms with Gasteiger partial charge in [-0.05, 0) is 43.5 Å². The fourth-order valence-corrected chi connectivity index (χ4v) is 5.44. The number of sulfonamides is 1. The summed E-state index contributed by atoms with van der Waals surface area (Å²) in [6.07, 6.45) is 2.75. The van der Waals surface area contributed by atoms with Gasteiger partial charge in [-0.2, -0.15) is 4.31 Å². The number of hydrogen-bond acceptors (Lipinski definition) is 5. The molecule has 1 saturated carbocycles. The first kappa shape index (κ1) is 17.2. The lowest BCUT2D eigenvalue weighted by Crippen LogP contribution is -2.53. The molecule has 1 unspecified atom stereocenters. The molecular weight excluding hydrogens is 333 g/mol. The van der Waals surface area contributed by atoms with E-state index < -0.39 is 15.3 Å². The Morgan fingerprint density at radius 3 is 2.38 bits per heavy atom. The molecule has 0 bridgehead atoms. The van der Waals surface area contributed by atoms with Crippen LogP contribution in [0.1, 0.15) is 25.7 Å². The Bertz CT molecular complexity index is 698. The van der Waals surface area contributed by atoms with Crippen molar-refractivity contribution < 1.29 is 18.0 Å². The lowest BCUT2D eigenvalue weighted by molar-refractivity contribution is 0.313. The molecule has 0 amide bonds. The molecule has 132 valence electrons. The van der Waals surface area contributed by atoms with Crippen molar-refractivity contribution in [3.63, 3.8) is 0 Å². The molecular formula is C16H22FN3O3S. The lowest BCUT2D eigenvalue weighted by atomic mass is 9.98. The molecule has 1 heterocycles. The van der Waals surface area contributed by atoms with Crippen molar-refractivity contribution >= 4 is 21.4 Å². The monoisotopic (exact) mass is 355 g/mol. The van der Waals surface area contributed by atoms with E-state index in [1.54, 1.807) is 12.1 Å².